The van der Waals surface area contributed by atoms with E-state index in [-0.39, 0.29) is 12.3 Å². The summed E-state index contributed by atoms with van der Waals surface area (Å²) in [6, 6.07) is 7.71. The fraction of sp³-hybridized carbons (Fsp3) is 0.450. The molecule has 0 saturated carbocycles. The maximum absolute atomic E-state index is 12.8. The van der Waals surface area contributed by atoms with Crippen LogP contribution in [-0.4, -0.2) is 59.6 Å². The molecule has 0 bridgehead atoms. The Morgan fingerprint density at radius 1 is 1.31 bits per heavy atom. The number of amidine groups is 1. The molecule has 7 nitrogen and oxygen atoms in total. The number of carbonyl (C=O) groups is 2. The Morgan fingerprint density at radius 3 is 2.83 bits per heavy atom. The van der Waals surface area contributed by atoms with Crippen LogP contribution in [-0.2, 0) is 14.3 Å². The number of nitrogens with one attached hydrogen (secondary N) is 1. The van der Waals surface area contributed by atoms with Gasteiger partial charge in [0.15, 0.2) is 5.17 Å². The van der Waals surface area contributed by atoms with Crippen molar-refractivity contribution in [2.45, 2.75) is 30.6 Å². The predicted octanol–water partition coefficient (Wildman–Crippen LogP) is 3.64. The summed E-state index contributed by atoms with van der Waals surface area (Å²) in [5.41, 5.74) is 1.61. The number of methoxy groups -OCH3 is 1. The zero-order valence-corrected chi connectivity index (χ0v) is 18.0. The van der Waals surface area contributed by atoms with Gasteiger partial charge in [-0.15, -0.1) is 11.8 Å². The standard InChI is InChI=1S/C20H25N3O4S2/c1-27-13-16-18(29-20-21-10-4-11-23(16)20)19(26)22-14-6-8-15(9-7-14)28-12-3-2-5-17(24)25/h6-9H,2-5,10-13H2,1H3,(H,22,26)(H,24,25). The van der Waals surface area contributed by atoms with Crippen molar-refractivity contribution in [3.05, 3.63) is 34.9 Å². The number of benzene rings is 1. The van der Waals surface area contributed by atoms with Crippen molar-refractivity contribution in [2.24, 2.45) is 4.99 Å². The van der Waals surface area contributed by atoms with Crippen LogP contribution in [0.5, 0.6) is 0 Å². The van der Waals surface area contributed by atoms with Gasteiger partial charge in [0.05, 0.1) is 12.3 Å². The zero-order chi connectivity index (χ0) is 20.6. The van der Waals surface area contributed by atoms with Gasteiger partial charge in [0.1, 0.15) is 4.91 Å². The van der Waals surface area contributed by atoms with Crippen molar-refractivity contribution in [2.75, 3.05) is 37.9 Å². The summed E-state index contributed by atoms with van der Waals surface area (Å²) in [6.07, 6.45) is 2.74. The number of aliphatic carboxylic acids is 1. The molecule has 1 aromatic rings. The summed E-state index contributed by atoms with van der Waals surface area (Å²) in [6.45, 7) is 2.04. The summed E-state index contributed by atoms with van der Waals surface area (Å²) in [4.78, 5) is 31.7. The molecule has 0 aromatic heterocycles. The lowest BCUT2D eigenvalue weighted by Gasteiger charge is -2.24. The van der Waals surface area contributed by atoms with E-state index in [2.05, 4.69) is 15.2 Å². The molecule has 156 valence electrons. The fourth-order valence-electron chi connectivity index (χ4n) is 3.04. The van der Waals surface area contributed by atoms with Gasteiger partial charge in [-0.05, 0) is 61.0 Å². The van der Waals surface area contributed by atoms with Gasteiger partial charge in [0.25, 0.3) is 5.91 Å². The first kappa shape index (κ1) is 21.7. The van der Waals surface area contributed by atoms with Gasteiger partial charge in [-0.3, -0.25) is 14.6 Å². The van der Waals surface area contributed by atoms with E-state index < -0.39 is 5.97 Å². The number of amides is 1. The van der Waals surface area contributed by atoms with Crippen LogP contribution in [0.15, 0.2) is 44.8 Å². The quantitative estimate of drug-likeness (QED) is 0.428. The Balaban J connectivity index is 1.56. The predicted molar refractivity (Wildman–Crippen MR) is 117 cm³/mol. The molecule has 1 aromatic carbocycles. The molecule has 2 heterocycles. The maximum Gasteiger partial charge on any atom is 0.303 e. The third kappa shape index (κ3) is 6.01. The lowest BCUT2D eigenvalue weighted by atomic mass is 10.2. The van der Waals surface area contributed by atoms with E-state index in [0.29, 0.717) is 17.9 Å². The third-order valence-corrected chi connectivity index (χ3v) is 6.71. The van der Waals surface area contributed by atoms with Crippen LogP contribution in [0.25, 0.3) is 0 Å². The largest absolute Gasteiger partial charge is 0.481 e. The Hall–Kier alpha value is -1.97. The van der Waals surface area contributed by atoms with Crippen LogP contribution in [0.4, 0.5) is 5.69 Å². The summed E-state index contributed by atoms with van der Waals surface area (Å²) < 4.78 is 5.31. The zero-order valence-electron chi connectivity index (χ0n) is 16.3. The van der Waals surface area contributed by atoms with E-state index in [9.17, 15) is 9.59 Å². The van der Waals surface area contributed by atoms with E-state index in [1.807, 2.05) is 24.3 Å². The van der Waals surface area contributed by atoms with Crippen molar-refractivity contribution in [1.29, 1.82) is 0 Å². The van der Waals surface area contributed by atoms with Gasteiger partial charge in [-0.1, -0.05) is 0 Å². The number of thioether (sulfide) groups is 2. The number of unbranched alkanes of at least 4 members (excludes halogenated alkanes) is 1. The number of rotatable bonds is 10. The second-order valence-electron chi connectivity index (χ2n) is 6.66. The number of fused-ring (bicyclic) bond motifs is 1. The van der Waals surface area contributed by atoms with Gasteiger partial charge in [0, 0.05) is 37.2 Å². The van der Waals surface area contributed by atoms with Crippen LogP contribution in [0.2, 0.25) is 0 Å². The molecule has 0 spiro atoms. The molecule has 0 unspecified atom stereocenters. The number of nitrogens with zero attached hydrogens (tertiary/aromatic N) is 2. The highest BCUT2D eigenvalue weighted by Crippen LogP contribution is 2.37. The molecule has 1 amide bonds. The minimum atomic E-state index is -0.748. The number of ether oxygens (including phenoxy) is 1. The molecule has 0 aliphatic carbocycles. The molecule has 0 fully saturated rings. The molecule has 2 aliphatic rings. The first-order valence-electron chi connectivity index (χ1n) is 9.56. The molecular weight excluding hydrogens is 410 g/mol. The Labute approximate surface area is 179 Å². The molecule has 0 radical (unpaired) electrons. The lowest BCUT2D eigenvalue weighted by Crippen LogP contribution is -2.31. The number of hydrogen-bond acceptors (Lipinski definition) is 7. The number of anilines is 1. The smallest absolute Gasteiger partial charge is 0.303 e. The molecule has 0 atom stereocenters. The minimum absolute atomic E-state index is 0.145. The van der Waals surface area contributed by atoms with Crippen molar-refractivity contribution >= 4 is 46.3 Å². The first-order chi connectivity index (χ1) is 14.1. The molecule has 29 heavy (non-hydrogen) atoms. The SMILES string of the molecule is COCC1=C(C(=O)Nc2ccc(SCCCCC(=O)O)cc2)SC2=NCCCN21. The summed E-state index contributed by atoms with van der Waals surface area (Å²) in [7, 11) is 1.63. The number of hydrogen-bond donors (Lipinski definition) is 2. The number of carboxylic acids is 1. The van der Waals surface area contributed by atoms with Crippen LogP contribution in [0.1, 0.15) is 25.7 Å². The van der Waals surface area contributed by atoms with Crippen molar-refractivity contribution in [3.63, 3.8) is 0 Å². The van der Waals surface area contributed by atoms with E-state index in [1.165, 1.54) is 11.8 Å². The van der Waals surface area contributed by atoms with Crippen molar-refractivity contribution in [1.82, 2.24) is 4.90 Å². The van der Waals surface area contributed by atoms with Crippen LogP contribution in [0, 0.1) is 0 Å². The summed E-state index contributed by atoms with van der Waals surface area (Å²) >= 11 is 3.10. The van der Waals surface area contributed by atoms with Crippen LogP contribution < -0.4 is 5.32 Å². The normalized spacial score (nSPS) is 15.9. The monoisotopic (exact) mass is 435 g/mol. The Morgan fingerprint density at radius 2 is 2.10 bits per heavy atom. The first-order valence-corrected chi connectivity index (χ1v) is 11.4. The molecule has 3 rings (SSSR count). The average Bonchev–Trinajstić information content (AvgIpc) is 3.08. The Kier molecular flexibility index (Phi) is 8.02. The van der Waals surface area contributed by atoms with E-state index in [4.69, 9.17) is 9.84 Å². The number of carbonyl (C=O) groups excluding carboxylic acids is 1. The van der Waals surface area contributed by atoms with Crippen molar-refractivity contribution in [3.8, 4) is 0 Å². The van der Waals surface area contributed by atoms with Crippen LogP contribution >= 0.6 is 23.5 Å². The maximum atomic E-state index is 12.8. The van der Waals surface area contributed by atoms with Crippen molar-refractivity contribution < 1.29 is 19.4 Å². The molecule has 9 heteroatoms. The number of aliphatic imine (C=N–C) groups is 1. The number of carboxylic acid groups (broad SMARTS) is 1. The topological polar surface area (TPSA) is 91.2 Å². The lowest BCUT2D eigenvalue weighted by molar-refractivity contribution is -0.137. The van der Waals surface area contributed by atoms with E-state index in [0.717, 1.165) is 53.1 Å². The summed E-state index contributed by atoms with van der Waals surface area (Å²) in [5.74, 6) is -0.0171. The van der Waals surface area contributed by atoms with Gasteiger partial charge in [0.2, 0.25) is 0 Å². The highest BCUT2D eigenvalue weighted by molar-refractivity contribution is 8.18. The van der Waals surface area contributed by atoms with Gasteiger partial charge in [-0.2, -0.15) is 0 Å². The van der Waals surface area contributed by atoms with Gasteiger partial charge < -0.3 is 20.1 Å². The Bertz CT molecular complexity index is 808. The van der Waals surface area contributed by atoms with Gasteiger partial charge >= 0.3 is 5.97 Å². The minimum Gasteiger partial charge on any atom is -0.481 e. The second kappa shape index (κ2) is 10.7. The van der Waals surface area contributed by atoms with Gasteiger partial charge in [-0.25, -0.2) is 0 Å². The van der Waals surface area contributed by atoms with E-state index >= 15 is 0 Å². The fourth-order valence-corrected chi connectivity index (χ4v) is 5.04. The van der Waals surface area contributed by atoms with Crippen LogP contribution in [0.3, 0.4) is 0 Å². The molecule has 2 N–H and O–H groups in total. The molecule has 0 saturated heterocycles. The second-order valence-corrected chi connectivity index (χ2v) is 8.80. The highest BCUT2D eigenvalue weighted by Gasteiger charge is 2.34. The third-order valence-electron chi connectivity index (χ3n) is 4.45. The molecule has 2 aliphatic heterocycles. The summed E-state index contributed by atoms with van der Waals surface area (Å²) in [5, 5.41) is 12.5. The molecular formula is C20H25N3O4S2. The highest BCUT2D eigenvalue weighted by atomic mass is 32.2. The van der Waals surface area contributed by atoms with E-state index in [1.54, 1.807) is 18.9 Å². The average molecular weight is 436 g/mol.